The molecule has 0 radical (unpaired) electrons. The summed E-state index contributed by atoms with van der Waals surface area (Å²) in [5.74, 6) is 3.05. The fourth-order valence-corrected chi connectivity index (χ4v) is 4.88. The highest BCUT2D eigenvalue weighted by molar-refractivity contribution is 5.80. The van der Waals surface area contributed by atoms with Gasteiger partial charge in [0.25, 0.3) is 0 Å². The summed E-state index contributed by atoms with van der Waals surface area (Å²) in [7, 11) is 4.01. The van der Waals surface area contributed by atoms with Gasteiger partial charge in [-0.25, -0.2) is 9.97 Å². The highest BCUT2D eigenvalue weighted by Crippen LogP contribution is 2.44. The molecule has 5 rings (SSSR count). The van der Waals surface area contributed by atoms with E-state index in [1.807, 2.05) is 42.1 Å². The molecule has 0 saturated heterocycles. The maximum absolute atomic E-state index is 13.2. The lowest BCUT2D eigenvalue weighted by Crippen LogP contribution is -2.41. The molecule has 0 spiro atoms. The molecule has 0 N–H and O–H groups in total. The number of carbonyl (C=O) groups excluding carboxylic acids is 1. The first-order valence-corrected chi connectivity index (χ1v) is 10.1. The molecule has 1 aliphatic heterocycles. The van der Waals surface area contributed by atoms with Crippen molar-refractivity contribution in [2.24, 2.45) is 17.8 Å². The maximum Gasteiger partial charge on any atom is 0.226 e. The van der Waals surface area contributed by atoms with Gasteiger partial charge in [-0.15, -0.1) is 0 Å². The van der Waals surface area contributed by atoms with Crippen molar-refractivity contribution in [2.45, 2.75) is 25.8 Å². The van der Waals surface area contributed by atoms with Crippen molar-refractivity contribution in [2.75, 3.05) is 25.5 Å². The average Bonchev–Trinajstić information content (AvgIpc) is 3.36. The number of amides is 1. The van der Waals surface area contributed by atoms with Gasteiger partial charge in [-0.3, -0.25) is 9.78 Å². The van der Waals surface area contributed by atoms with Crippen molar-refractivity contribution >= 4 is 11.7 Å². The number of aromatic nitrogens is 3. The third-order valence-electron chi connectivity index (χ3n) is 6.27. The second kappa shape index (κ2) is 6.69. The van der Waals surface area contributed by atoms with Crippen LogP contribution in [-0.4, -0.2) is 46.4 Å². The number of nitrogens with zero attached hydrogens (tertiary/aromatic N) is 5. The zero-order valence-electron chi connectivity index (χ0n) is 16.4. The minimum Gasteiger partial charge on any atom is -0.362 e. The minimum absolute atomic E-state index is 0.155. The van der Waals surface area contributed by atoms with Crippen molar-refractivity contribution in [3.05, 3.63) is 47.8 Å². The second-order valence-electron chi connectivity index (χ2n) is 8.30. The monoisotopic (exact) mass is 375 g/mol. The summed E-state index contributed by atoms with van der Waals surface area (Å²) in [4.78, 5) is 31.3. The third-order valence-corrected chi connectivity index (χ3v) is 6.27. The average molecular weight is 375 g/mol. The fourth-order valence-electron chi connectivity index (χ4n) is 4.88. The Hall–Kier alpha value is -2.76. The highest BCUT2D eigenvalue weighted by atomic mass is 16.2. The molecule has 2 aromatic heterocycles. The Kier molecular flexibility index (Phi) is 4.14. The Morgan fingerprint density at radius 2 is 2.07 bits per heavy atom. The first kappa shape index (κ1) is 17.3. The van der Waals surface area contributed by atoms with Gasteiger partial charge in [0.1, 0.15) is 11.5 Å². The van der Waals surface area contributed by atoms with Gasteiger partial charge in [0, 0.05) is 38.3 Å². The topological polar surface area (TPSA) is 62.2 Å². The van der Waals surface area contributed by atoms with Crippen molar-refractivity contribution in [3.63, 3.8) is 0 Å². The van der Waals surface area contributed by atoms with E-state index in [4.69, 9.17) is 9.97 Å². The zero-order chi connectivity index (χ0) is 19.3. The quantitative estimate of drug-likeness (QED) is 0.772. The fraction of sp³-hybridized carbons (Fsp3) is 0.455. The normalized spacial score (nSPS) is 25.1. The molecule has 3 heterocycles. The third kappa shape index (κ3) is 2.87. The number of pyridine rings is 1. The molecule has 6 heteroatoms. The first-order chi connectivity index (χ1) is 13.6. The maximum atomic E-state index is 13.2. The van der Waals surface area contributed by atoms with E-state index in [1.165, 1.54) is 0 Å². The van der Waals surface area contributed by atoms with Crippen LogP contribution in [0.25, 0.3) is 11.5 Å². The number of carbonyl (C=O) groups is 1. The van der Waals surface area contributed by atoms with Crippen LogP contribution >= 0.6 is 0 Å². The van der Waals surface area contributed by atoms with Gasteiger partial charge in [-0.05, 0) is 43.2 Å². The zero-order valence-corrected chi connectivity index (χ0v) is 16.4. The molecule has 1 saturated carbocycles. The van der Waals surface area contributed by atoms with E-state index in [9.17, 15) is 4.79 Å². The molecule has 3 aliphatic rings. The first-order valence-electron chi connectivity index (χ1n) is 10.1. The number of hydrogen-bond acceptors (Lipinski definition) is 5. The molecule has 2 aromatic rings. The standard InChI is InChI=1S/C22H25N5O/c1-26(2)21-16-8-10-27(22(28)17-12-14-6-7-15(17)11-14)13-19(16)24-20(25-21)18-5-3-4-9-23-18/h3-7,9,14-15,17H,8,10-13H2,1-2H3/t14-,15+,17-/m1/s1. The van der Waals surface area contributed by atoms with E-state index in [0.717, 1.165) is 48.6 Å². The van der Waals surface area contributed by atoms with Gasteiger partial charge in [0.15, 0.2) is 5.82 Å². The summed E-state index contributed by atoms with van der Waals surface area (Å²) in [5.41, 5.74) is 2.87. The van der Waals surface area contributed by atoms with Crippen LogP contribution in [0, 0.1) is 17.8 Å². The summed E-state index contributed by atoms with van der Waals surface area (Å²) < 4.78 is 0. The largest absolute Gasteiger partial charge is 0.362 e. The summed E-state index contributed by atoms with van der Waals surface area (Å²) in [6.07, 6.45) is 9.25. The SMILES string of the molecule is CN(C)c1nc(-c2ccccn2)nc2c1CCN(C(=O)[C@@H]1C[C@@H]3C=C[C@H]1C3)C2. The molecule has 2 bridgehead atoms. The molecule has 1 amide bonds. The van der Waals surface area contributed by atoms with Crippen molar-refractivity contribution in [1.82, 2.24) is 19.9 Å². The van der Waals surface area contributed by atoms with Crippen LogP contribution in [-0.2, 0) is 17.8 Å². The van der Waals surface area contributed by atoms with Gasteiger partial charge in [-0.2, -0.15) is 0 Å². The van der Waals surface area contributed by atoms with Gasteiger partial charge in [0.05, 0.1) is 12.2 Å². The molecule has 2 aliphatic carbocycles. The van der Waals surface area contributed by atoms with Crippen LogP contribution in [0.2, 0.25) is 0 Å². The predicted molar refractivity (Wildman–Crippen MR) is 108 cm³/mol. The molecule has 28 heavy (non-hydrogen) atoms. The molecular formula is C22H25N5O. The van der Waals surface area contributed by atoms with E-state index < -0.39 is 0 Å². The van der Waals surface area contributed by atoms with Gasteiger partial charge in [-0.1, -0.05) is 18.2 Å². The molecule has 0 aromatic carbocycles. The lowest BCUT2D eigenvalue weighted by molar-refractivity contribution is -0.137. The Labute approximate surface area is 165 Å². The van der Waals surface area contributed by atoms with E-state index in [-0.39, 0.29) is 5.92 Å². The molecule has 6 nitrogen and oxygen atoms in total. The molecule has 0 unspecified atom stereocenters. The van der Waals surface area contributed by atoms with Gasteiger partial charge in [0.2, 0.25) is 5.91 Å². The van der Waals surface area contributed by atoms with Crippen LogP contribution in [0.1, 0.15) is 24.1 Å². The van der Waals surface area contributed by atoms with E-state index in [0.29, 0.717) is 30.1 Å². The van der Waals surface area contributed by atoms with Crippen LogP contribution < -0.4 is 4.90 Å². The number of hydrogen-bond donors (Lipinski definition) is 0. The summed E-state index contributed by atoms with van der Waals surface area (Å²) in [6.45, 7) is 1.31. The summed E-state index contributed by atoms with van der Waals surface area (Å²) in [6, 6.07) is 5.76. The predicted octanol–water partition coefficient (Wildman–Crippen LogP) is 2.70. The lowest BCUT2D eigenvalue weighted by Gasteiger charge is -2.33. The van der Waals surface area contributed by atoms with Crippen molar-refractivity contribution in [3.8, 4) is 11.5 Å². The second-order valence-corrected chi connectivity index (χ2v) is 8.30. The van der Waals surface area contributed by atoms with Gasteiger partial charge < -0.3 is 9.80 Å². The number of rotatable bonds is 3. The molecule has 144 valence electrons. The molecular weight excluding hydrogens is 350 g/mol. The van der Waals surface area contributed by atoms with E-state index in [1.54, 1.807) is 6.20 Å². The van der Waals surface area contributed by atoms with Crippen LogP contribution in [0.4, 0.5) is 5.82 Å². The Bertz CT molecular complexity index is 939. The summed E-state index contributed by atoms with van der Waals surface area (Å²) >= 11 is 0. The highest BCUT2D eigenvalue weighted by Gasteiger charge is 2.42. The Balaban J connectivity index is 1.46. The lowest BCUT2D eigenvalue weighted by atomic mass is 9.91. The number of allylic oxidation sites excluding steroid dienone is 2. The van der Waals surface area contributed by atoms with Crippen LogP contribution in [0.5, 0.6) is 0 Å². The van der Waals surface area contributed by atoms with Crippen molar-refractivity contribution < 1.29 is 4.79 Å². The number of fused-ring (bicyclic) bond motifs is 3. The van der Waals surface area contributed by atoms with Crippen molar-refractivity contribution in [1.29, 1.82) is 0 Å². The Morgan fingerprint density at radius 3 is 2.75 bits per heavy atom. The molecule has 1 fully saturated rings. The number of anilines is 1. The van der Waals surface area contributed by atoms with Crippen LogP contribution in [0.15, 0.2) is 36.5 Å². The van der Waals surface area contributed by atoms with E-state index >= 15 is 0 Å². The molecule has 3 atom stereocenters. The van der Waals surface area contributed by atoms with Crippen LogP contribution in [0.3, 0.4) is 0 Å². The van der Waals surface area contributed by atoms with Gasteiger partial charge >= 0.3 is 0 Å². The minimum atomic E-state index is 0.155. The smallest absolute Gasteiger partial charge is 0.226 e. The summed E-state index contributed by atoms with van der Waals surface area (Å²) in [5, 5.41) is 0. The van der Waals surface area contributed by atoms with E-state index in [2.05, 4.69) is 17.1 Å². The Morgan fingerprint density at radius 1 is 1.18 bits per heavy atom.